The first-order valence-corrected chi connectivity index (χ1v) is 8.76. The maximum Gasteiger partial charge on any atom is 0.287 e. The highest BCUT2D eigenvalue weighted by Crippen LogP contribution is 2.25. The van der Waals surface area contributed by atoms with Crippen molar-refractivity contribution in [2.45, 2.75) is 19.0 Å². The number of rotatable bonds is 4. The van der Waals surface area contributed by atoms with Crippen LogP contribution in [0.1, 0.15) is 11.1 Å². The number of hydrogen-bond donors (Lipinski definition) is 1. The van der Waals surface area contributed by atoms with Crippen LogP contribution in [0, 0.1) is 5.82 Å². The summed E-state index contributed by atoms with van der Waals surface area (Å²) in [6.45, 7) is 0.439. The summed E-state index contributed by atoms with van der Waals surface area (Å²) >= 11 is 0.726. The third-order valence-corrected chi connectivity index (χ3v) is 5.19. The number of fused-ring (bicyclic) bond motifs is 1. The molecule has 1 amide bonds. The summed E-state index contributed by atoms with van der Waals surface area (Å²) in [5.74, 6) is -0.225. The second-order valence-electron chi connectivity index (χ2n) is 5.99. The Balaban J connectivity index is 1.65. The fourth-order valence-electron chi connectivity index (χ4n) is 3.16. The van der Waals surface area contributed by atoms with Gasteiger partial charge < -0.3 is 9.88 Å². The minimum Gasteiger partial charge on any atom is -0.343 e. The third-order valence-electron chi connectivity index (χ3n) is 4.40. The van der Waals surface area contributed by atoms with Crippen LogP contribution in [0.2, 0.25) is 0 Å². The van der Waals surface area contributed by atoms with Crippen molar-refractivity contribution >= 4 is 33.0 Å². The highest BCUT2D eigenvalue weighted by molar-refractivity contribution is 8.26. The van der Waals surface area contributed by atoms with Crippen LogP contribution in [-0.4, -0.2) is 21.0 Å². The standard InChI is InChI=1S/C19H15FN2O2S/c20-15-6-2-1-4-13(15)11-22-9-8-14-12(5-3-7-17(14)22)10-16-18(23)25-19(24)21-16/h1-9,16H,10-11H2,(H,21,24). The van der Waals surface area contributed by atoms with Gasteiger partial charge in [0.1, 0.15) is 11.9 Å². The predicted octanol–water partition coefficient (Wildman–Crippen LogP) is 3.72. The van der Waals surface area contributed by atoms with Crippen molar-refractivity contribution in [3.8, 4) is 0 Å². The minimum atomic E-state index is -0.488. The molecule has 25 heavy (non-hydrogen) atoms. The van der Waals surface area contributed by atoms with Crippen LogP contribution < -0.4 is 5.32 Å². The number of amides is 1. The number of benzene rings is 2. The summed E-state index contributed by atoms with van der Waals surface area (Å²) in [7, 11) is 0. The Morgan fingerprint density at radius 3 is 2.60 bits per heavy atom. The largest absolute Gasteiger partial charge is 0.343 e. The molecule has 0 bridgehead atoms. The molecule has 4 rings (SSSR count). The van der Waals surface area contributed by atoms with Gasteiger partial charge in [0, 0.05) is 40.8 Å². The highest BCUT2D eigenvalue weighted by atomic mass is 32.2. The van der Waals surface area contributed by atoms with Gasteiger partial charge in [-0.15, -0.1) is 0 Å². The summed E-state index contributed by atoms with van der Waals surface area (Å²) in [5, 5.41) is 3.26. The SMILES string of the molecule is O=C1NC(Cc2cccc3c2ccn3Cc2ccccc2F)C(=O)S1. The monoisotopic (exact) mass is 354 g/mol. The molecule has 1 N–H and O–H groups in total. The summed E-state index contributed by atoms with van der Waals surface area (Å²) < 4.78 is 15.9. The van der Waals surface area contributed by atoms with Crippen LogP contribution >= 0.6 is 11.8 Å². The molecule has 1 aliphatic rings. The first kappa shape index (κ1) is 15.9. The molecule has 4 nitrogen and oxygen atoms in total. The van der Waals surface area contributed by atoms with Crippen molar-refractivity contribution in [1.29, 1.82) is 0 Å². The molecule has 0 aliphatic carbocycles. The molecule has 3 aromatic rings. The fourth-order valence-corrected chi connectivity index (χ4v) is 3.83. The molecular weight excluding hydrogens is 339 g/mol. The van der Waals surface area contributed by atoms with E-state index in [0.717, 1.165) is 28.2 Å². The van der Waals surface area contributed by atoms with Gasteiger partial charge in [-0.25, -0.2) is 4.39 Å². The molecule has 1 unspecified atom stereocenters. The van der Waals surface area contributed by atoms with E-state index >= 15 is 0 Å². The number of thioether (sulfide) groups is 1. The maximum absolute atomic E-state index is 13.9. The Labute approximate surface area is 148 Å². The Kier molecular flexibility index (Phi) is 4.05. The molecule has 1 atom stereocenters. The van der Waals surface area contributed by atoms with E-state index in [2.05, 4.69) is 5.32 Å². The average Bonchev–Trinajstić information content (AvgIpc) is 3.14. The van der Waals surface area contributed by atoms with E-state index in [1.165, 1.54) is 6.07 Å². The Morgan fingerprint density at radius 2 is 1.84 bits per heavy atom. The minimum absolute atomic E-state index is 0.146. The second kappa shape index (κ2) is 6.37. The van der Waals surface area contributed by atoms with Crippen LogP contribution in [0.5, 0.6) is 0 Å². The van der Waals surface area contributed by atoms with E-state index in [0.29, 0.717) is 18.5 Å². The lowest BCUT2D eigenvalue weighted by molar-refractivity contribution is -0.112. The van der Waals surface area contributed by atoms with Gasteiger partial charge in [0.25, 0.3) is 5.24 Å². The molecule has 1 fully saturated rings. The number of carbonyl (C=O) groups is 2. The second-order valence-corrected chi connectivity index (χ2v) is 6.97. The molecule has 0 radical (unpaired) electrons. The average molecular weight is 354 g/mol. The van der Waals surface area contributed by atoms with Gasteiger partial charge in [-0.3, -0.25) is 9.59 Å². The van der Waals surface area contributed by atoms with Gasteiger partial charge >= 0.3 is 0 Å². The van der Waals surface area contributed by atoms with Crippen molar-refractivity contribution < 1.29 is 14.0 Å². The first-order chi connectivity index (χ1) is 12.1. The van der Waals surface area contributed by atoms with E-state index in [4.69, 9.17) is 0 Å². The Hall–Kier alpha value is -2.60. The molecule has 126 valence electrons. The van der Waals surface area contributed by atoms with Crippen LogP contribution in [0.3, 0.4) is 0 Å². The van der Waals surface area contributed by atoms with Crippen molar-refractivity contribution in [3.05, 3.63) is 71.7 Å². The fraction of sp³-hybridized carbons (Fsp3) is 0.158. The molecule has 0 spiro atoms. The molecule has 1 aliphatic heterocycles. The lowest BCUT2D eigenvalue weighted by Crippen LogP contribution is -2.30. The van der Waals surface area contributed by atoms with E-state index in [9.17, 15) is 14.0 Å². The number of nitrogens with zero attached hydrogens (tertiary/aromatic N) is 1. The first-order valence-electron chi connectivity index (χ1n) is 7.94. The molecule has 1 saturated heterocycles. The molecule has 6 heteroatoms. The quantitative estimate of drug-likeness (QED) is 0.777. The zero-order chi connectivity index (χ0) is 17.4. The van der Waals surface area contributed by atoms with Gasteiger partial charge in [-0.05, 0) is 23.8 Å². The van der Waals surface area contributed by atoms with Gasteiger partial charge in [0.05, 0.1) is 6.54 Å². The smallest absolute Gasteiger partial charge is 0.287 e. The molecule has 1 aromatic heterocycles. The number of nitrogens with one attached hydrogen (secondary N) is 1. The van der Waals surface area contributed by atoms with Crippen molar-refractivity contribution in [2.24, 2.45) is 0 Å². The van der Waals surface area contributed by atoms with Crippen molar-refractivity contribution in [2.75, 3.05) is 0 Å². The zero-order valence-electron chi connectivity index (χ0n) is 13.2. The van der Waals surface area contributed by atoms with Crippen molar-refractivity contribution in [3.63, 3.8) is 0 Å². The lowest BCUT2D eigenvalue weighted by atomic mass is 10.0. The van der Waals surface area contributed by atoms with Crippen molar-refractivity contribution in [1.82, 2.24) is 9.88 Å². The summed E-state index contributed by atoms with van der Waals surface area (Å²) in [6.07, 6.45) is 2.38. The Bertz CT molecular complexity index is 982. The van der Waals surface area contributed by atoms with Gasteiger partial charge in [-0.2, -0.15) is 0 Å². The molecule has 2 heterocycles. The maximum atomic E-state index is 13.9. The molecule has 0 saturated carbocycles. The van der Waals surface area contributed by atoms with E-state index < -0.39 is 6.04 Å². The van der Waals surface area contributed by atoms with Crippen LogP contribution in [0.25, 0.3) is 10.9 Å². The lowest BCUT2D eigenvalue weighted by Gasteiger charge is -2.10. The summed E-state index contributed by atoms with van der Waals surface area (Å²) in [6, 6.07) is 14.1. The van der Waals surface area contributed by atoms with Gasteiger partial charge in [-0.1, -0.05) is 30.3 Å². The Morgan fingerprint density at radius 1 is 1.04 bits per heavy atom. The van der Waals surface area contributed by atoms with E-state index in [1.807, 2.05) is 41.1 Å². The number of halogens is 1. The number of aromatic nitrogens is 1. The van der Waals surface area contributed by atoms with Gasteiger partial charge in [0.2, 0.25) is 5.12 Å². The summed E-state index contributed by atoms with van der Waals surface area (Å²) in [4.78, 5) is 23.2. The topological polar surface area (TPSA) is 51.1 Å². The van der Waals surface area contributed by atoms with Crippen LogP contribution in [0.15, 0.2) is 54.7 Å². The van der Waals surface area contributed by atoms with E-state index in [-0.39, 0.29) is 16.2 Å². The van der Waals surface area contributed by atoms with Crippen LogP contribution in [0.4, 0.5) is 9.18 Å². The number of hydrogen-bond acceptors (Lipinski definition) is 3. The third kappa shape index (κ3) is 3.05. The normalized spacial score (nSPS) is 17.2. The zero-order valence-corrected chi connectivity index (χ0v) is 14.1. The van der Waals surface area contributed by atoms with Gasteiger partial charge in [0.15, 0.2) is 0 Å². The predicted molar refractivity (Wildman–Crippen MR) is 96.1 cm³/mol. The summed E-state index contributed by atoms with van der Waals surface area (Å²) in [5.41, 5.74) is 2.59. The number of carbonyl (C=O) groups excluding carboxylic acids is 2. The van der Waals surface area contributed by atoms with Crippen LogP contribution in [-0.2, 0) is 17.8 Å². The molecular formula is C19H15FN2O2S. The molecule has 2 aromatic carbocycles. The highest BCUT2D eigenvalue weighted by Gasteiger charge is 2.31. The van der Waals surface area contributed by atoms with E-state index in [1.54, 1.807) is 12.1 Å².